The number of hydrogen-bond acceptors (Lipinski definition) is 4. The fourth-order valence-electron chi connectivity index (χ4n) is 2.31. The first-order chi connectivity index (χ1) is 7.52. The van der Waals surface area contributed by atoms with Crippen molar-refractivity contribution < 1.29 is 14.4 Å². The maximum atomic E-state index is 12.0. The Hall–Kier alpha value is -1.23. The molecule has 2 fully saturated rings. The van der Waals surface area contributed by atoms with Crippen molar-refractivity contribution in [3.63, 3.8) is 0 Å². The minimum absolute atomic E-state index is 0.197. The number of rotatable bonds is 3. The topological polar surface area (TPSA) is 89.3 Å². The lowest BCUT2D eigenvalue weighted by molar-refractivity contribution is -0.135. The normalized spacial score (nSPS) is 32.1. The Bertz CT molecular complexity index is 349. The first-order valence-electron chi connectivity index (χ1n) is 5.66. The van der Waals surface area contributed by atoms with Gasteiger partial charge in [0.05, 0.1) is 12.0 Å². The molecule has 16 heavy (non-hydrogen) atoms. The van der Waals surface area contributed by atoms with E-state index >= 15 is 0 Å². The lowest BCUT2D eigenvalue weighted by atomic mass is 9.75. The zero-order valence-electron chi connectivity index (χ0n) is 9.23. The Balaban J connectivity index is 2.08. The molecule has 1 saturated carbocycles. The summed E-state index contributed by atoms with van der Waals surface area (Å²) in [6.45, 7) is 1.59. The molecule has 1 saturated heterocycles. The Morgan fingerprint density at radius 2 is 2.00 bits per heavy atom. The van der Waals surface area contributed by atoms with Gasteiger partial charge in [-0.25, -0.2) is 0 Å². The smallest absolute Gasteiger partial charge is 0.238 e. The fraction of sp³-hybridized carbons (Fsp3) is 0.727. The van der Waals surface area contributed by atoms with Gasteiger partial charge in [0.1, 0.15) is 5.92 Å². The Labute approximate surface area is 93.8 Å². The highest BCUT2D eigenvalue weighted by molar-refractivity contribution is 6.16. The summed E-state index contributed by atoms with van der Waals surface area (Å²) in [5, 5.41) is 2.17. The first-order valence-corrected chi connectivity index (χ1v) is 5.66. The molecule has 0 aromatic rings. The van der Waals surface area contributed by atoms with Crippen LogP contribution in [-0.4, -0.2) is 23.6 Å². The number of carbonyl (C=O) groups excluding carboxylic acids is 3. The summed E-state index contributed by atoms with van der Waals surface area (Å²) >= 11 is 0. The third kappa shape index (κ3) is 1.65. The van der Waals surface area contributed by atoms with Gasteiger partial charge in [0.15, 0.2) is 5.78 Å². The van der Waals surface area contributed by atoms with Gasteiger partial charge >= 0.3 is 0 Å². The van der Waals surface area contributed by atoms with Crippen LogP contribution in [0.25, 0.3) is 0 Å². The van der Waals surface area contributed by atoms with Crippen molar-refractivity contribution in [3.8, 4) is 0 Å². The molecule has 0 spiro atoms. The highest BCUT2D eigenvalue weighted by Crippen LogP contribution is 2.31. The number of Topliss-reactive ketones (excluding diaryl/α,β-unsaturated/α-hetero) is 1. The second kappa shape index (κ2) is 3.97. The molecule has 5 heteroatoms. The van der Waals surface area contributed by atoms with Crippen molar-refractivity contribution in [3.05, 3.63) is 0 Å². The van der Waals surface area contributed by atoms with Crippen molar-refractivity contribution in [2.45, 2.75) is 32.2 Å². The molecule has 5 nitrogen and oxygen atoms in total. The first kappa shape index (κ1) is 11.3. The van der Waals surface area contributed by atoms with E-state index in [9.17, 15) is 14.4 Å². The second-order valence-corrected chi connectivity index (χ2v) is 4.74. The van der Waals surface area contributed by atoms with Gasteiger partial charge in [-0.15, -0.1) is 0 Å². The molecule has 0 aromatic carbocycles. The van der Waals surface area contributed by atoms with Crippen LogP contribution in [0.5, 0.6) is 0 Å². The standard InChI is InChI=1S/C11H16N2O3/c1-5-7(11(16)13-10(5)15)9(14)8(12)6-3-2-4-6/h5-8H,2-4,12H2,1H3,(H,13,15,16)/t5-,7+,8?/m0/s1. The van der Waals surface area contributed by atoms with Crippen LogP contribution in [0.3, 0.4) is 0 Å². The number of imide groups is 1. The van der Waals surface area contributed by atoms with Gasteiger partial charge in [0.2, 0.25) is 11.8 Å². The summed E-state index contributed by atoms with van der Waals surface area (Å²) in [6.07, 6.45) is 2.99. The van der Waals surface area contributed by atoms with Crippen LogP contribution in [-0.2, 0) is 14.4 Å². The Kier molecular flexibility index (Phi) is 2.80. The summed E-state index contributed by atoms with van der Waals surface area (Å²) < 4.78 is 0. The zero-order chi connectivity index (χ0) is 11.9. The van der Waals surface area contributed by atoms with Gasteiger partial charge in [-0.05, 0) is 18.8 Å². The molecule has 0 aromatic heterocycles. The summed E-state index contributed by atoms with van der Waals surface area (Å²) in [5.41, 5.74) is 5.83. The number of ketones is 1. The lowest BCUT2D eigenvalue weighted by Gasteiger charge is -2.31. The van der Waals surface area contributed by atoms with E-state index in [1.54, 1.807) is 6.92 Å². The summed E-state index contributed by atoms with van der Waals surface area (Å²) in [7, 11) is 0. The van der Waals surface area contributed by atoms with E-state index in [1.807, 2.05) is 0 Å². The molecule has 2 amide bonds. The van der Waals surface area contributed by atoms with E-state index in [-0.39, 0.29) is 17.6 Å². The summed E-state index contributed by atoms with van der Waals surface area (Å²) in [5.74, 6) is -2.39. The molecule has 2 rings (SSSR count). The van der Waals surface area contributed by atoms with Crippen LogP contribution in [0.1, 0.15) is 26.2 Å². The van der Waals surface area contributed by atoms with Crippen LogP contribution in [0.15, 0.2) is 0 Å². The third-order valence-electron chi connectivity index (χ3n) is 3.74. The summed E-state index contributed by atoms with van der Waals surface area (Å²) in [4.78, 5) is 34.7. The average molecular weight is 224 g/mol. The number of nitrogens with one attached hydrogen (secondary N) is 1. The molecule has 88 valence electrons. The van der Waals surface area contributed by atoms with Gasteiger partial charge in [-0.3, -0.25) is 19.7 Å². The lowest BCUT2D eigenvalue weighted by Crippen LogP contribution is -2.46. The zero-order valence-corrected chi connectivity index (χ0v) is 9.23. The van der Waals surface area contributed by atoms with E-state index in [0.717, 1.165) is 19.3 Å². The van der Waals surface area contributed by atoms with Crippen molar-refractivity contribution in [2.24, 2.45) is 23.5 Å². The highest BCUT2D eigenvalue weighted by atomic mass is 16.2. The van der Waals surface area contributed by atoms with E-state index in [2.05, 4.69) is 5.32 Å². The van der Waals surface area contributed by atoms with Gasteiger partial charge in [0.25, 0.3) is 0 Å². The molecule has 0 bridgehead atoms. The van der Waals surface area contributed by atoms with Crippen LogP contribution in [0.4, 0.5) is 0 Å². The average Bonchev–Trinajstić information content (AvgIpc) is 2.37. The maximum Gasteiger partial charge on any atom is 0.238 e. The van der Waals surface area contributed by atoms with Crippen molar-refractivity contribution in [1.82, 2.24) is 5.32 Å². The maximum absolute atomic E-state index is 12.0. The van der Waals surface area contributed by atoms with E-state index < -0.39 is 23.8 Å². The van der Waals surface area contributed by atoms with Crippen LogP contribution in [0, 0.1) is 17.8 Å². The van der Waals surface area contributed by atoms with Crippen LogP contribution >= 0.6 is 0 Å². The molecule has 3 atom stereocenters. The van der Waals surface area contributed by atoms with E-state index in [0.29, 0.717) is 0 Å². The molecule has 1 unspecified atom stereocenters. The second-order valence-electron chi connectivity index (χ2n) is 4.74. The van der Waals surface area contributed by atoms with Crippen LogP contribution in [0.2, 0.25) is 0 Å². The SMILES string of the molecule is C[C@@H]1C(=O)NC(=O)[C@H]1C(=O)C(N)C1CCC1. The predicted molar refractivity (Wildman–Crippen MR) is 56.1 cm³/mol. The summed E-state index contributed by atoms with van der Waals surface area (Å²) in [6, 6.07) is -0.585. The highest BCUT2D eigenvalue weighted by Gasteiger charge is 2.46. The van der Waals surface area contributed by atoms with Crippen molar-refractivity contribution >= 4 is 17.6 Å². The molecule has 3 N–H and O–H groups in total. The largest absolute Gasteiger partial charge is 0.321 e. The van der Waals surface area contributed by atoms with Gasteiger partial charge < -0.3 is 5.73 Å². The van der Waals surface area contributed by atoms with Gasteiger partial charge in [-0.1, -0.05) is 13.3 Å². The fourth-order valence-corrected chi connectivity index (χ4v) is 2.31. The third-order valence-corrected chi connectivity index (χ3v) is 3.74. The van der Waals surface area contributed by atoms with E-state index in [4.69, 9.17) is 5.73 Å². The Morgan fingerprint density at radius 1 is 1.38 bits per heavy atom. The Morgan fingerprint density at radius 3 is 2.38 bits per heavy atom. The van der Waals surface area contributed by atoms with Crippen LogP contribution < -0.4 is 11.1 Å². The number of carbonyl (C=O) groups is 3. The molecule has 1 heterocycles. The monoisotopic (exact) mass is 224 g/mol. The van der Waals surface area contributed by atoms with Crippen molar-refractivity contribution in [1.29, 1.82) is 0 Å². The minimum atomic E-state index is -0.872. The predicted octanol–water partition coefficient (Wildman–Crippen LogP) is -0.408. The molecule has 2 aliphatic rings. The van der Waals surface area contributed by atoms with E-state index in [1.165, 1.54) is 0 Å². The molecular formula is C11H16N2O3. The van der Waals surface area contributed by atoms with Gasteiger partial charge in [-0.2, -0.15) is 0 Å². The van der Waals surface area contributed by atoms with Crippen molar-refractivity contribution in [2.75, 3.05) is 0 Å². The molecular weight excluding hydrogens is 208 g/mol. The molecule has 1 aliphatic heterocycles. The minimum Gasteiger partial charge on any atom is -0.321 e. The number of hydrogen-bond donors (Lipinski definition) is 2. The number of amides is 2. The quantitative estimate of drug-likeness (QED) is 0.504. The molecule has 1 aliphatic carbocycles. The molecule has 0 radical (unpaired) electrons. The number of nitrogens with two attached hydrogens (primary N) is 1. The van der Waals surface area contributed by atoms with Gasteiger partial charge in [0, 0.05) is 0 Å².